The van der Waals surface area contributed by atoms with E-state index in [0.717, 1.165) is 37.3 Å². The average Bonchev–Trinajstić information content (AvgIpc) is 3.09. The van der Waals surface area contributed by atoms with E-state index in [0.29, 0.717) is 32.0 Å². The number of aromatic nitrogens is 5. The van der Waals surface area contributed by atoms with E-state index in [4.69, 9.17) is 0 Å². The van der Waals surface area contributed by atoms with Gasteiger partial charge in [-0.25, -0.2) is 14.5 Å². The van der Waals surface area contributed by atoms with Gasteiger partial charge in [0.1, 0.15) is 11.6 Å². The molecule has 2 aromatic rings. The minimum absolute atomic E-state index is 0.0202. The molecular weight excluding hydrogens is 344 g/mol. The van der Waals surface area contributed by atoms with Crippen molar-refractivity contribution in [3.63, 3.8) is 0 Å². The zero-order chi connectivity index (χ0) is 19.4. The van der Waals surface area contributed by atoms with Crippen molar-refractivity contribution in [2.24, 2.45) is 5.92 Å². The minimum atomic E-state index is -0.0202. The molecule has 1 amide bonds. The van der Waals surface area contributed by atoms with Gasteiger partial charge in [0.2, 0.25) is 5.91 Å². The predicted molar refractivity (Wildman–Crippen MR) is 102 cm³/mol. The van der Waals surface area contributed by atoms with Crippen molar-refractivity contribution in [1.82, 2.24) is 29.2 Å². The topological polar surface area (TPSA) is 86.7 Å². The molecule has 0 aromatic carbocycles. The fourth-order valence-electron chi connectivity index (χ4n) is 3.46. The van der Waals surface area contributed by atoms with E-state index in [2.05, 4.69) is 29.2 Å². The van der Waals surface area contributed by atoms with E-state index in [-0.39, 0.29) is 17.6 Å². The molecule has 1 aliphatic rings. The highest BCUT2D eigenvalue weighted by Crippen LogP contribution is 2.13. The molecule has 27 heavy (non-hydrogen) atoms. The third kappa shape index (κ3) is 4.87. The molecule has 0 aliphatic carbocycles. The van der Waals surface area contributed by atoms with Gasteiger partial charge in [0.05, 0.1) is 0 Å². The molecule has 0 fully saturated rings. The number of aryl methyl sites for hydroxylation is 4. The molecule has 2 aromatic heterocycles. The molecule has 3 rings (SSSR count). The Kier molecular flexibility index (Phi) is 6.13. The SMILES string of the molecule is Cc1nccn1CCC(=O)NC1CCc2nn(CCC(C)C)c(=O)n2CC1. The summed E-state index contributed by atoms with van der Waals surface area (Å²) in [5.41, 5.74) is -0.0202. The summed E-state index contributed by atoms with van der Waals surface area (Å²) in [6.07, 6.45) is 7.31. The number of hydrogen-bond acceptors (Lipinski definition) is 4. The molecule has 148 valence electrons. The number of fused-ring (bicyclic) bond motifs is 1. The molecule has 8 heteroatoms. The van der Waals surface area contributed by atoms with Crippen molar-refractivity contribution in [2.75, 3.05) is 0 Å². The monoisotopic (exact) mass is 374 g/mol. The molecule has 1 aliphatic heterocycles. The lowest BCUT2D eigenvalue weighted by Gasteiger charge is -2.16. The zero-order valence-corrected chi connectivity index (χ0v) is 16.5. The van der Waals surface area contributed by atoms with Crippen LogP contribution < -0.4 is 11.0 Å². The molecule has 0 radical (unpaired) electrons. The number of rotatable bonds is 7. The summed E-state index contributed by atoms with van der Waals surface area (Å²) in [6, 6.07) is 0.0894. The van der Waals surface area contributed by atoms with Gasteiger partial charge in [-0.3, -0.25) is 9.36 Å². The first-order chi connectivity index (χ1) is 12.9. The minimum Gasteiger partial charge on any atom is -0.353 e. The molecule has 0 bridgehead atoms. The lowest BCUT2D eigenvalue weighted by molar-refractivity contribution is -0.122. The summed E-state index contributed by atoms with van der Waals surface area (Å²) >= 11 is 0. The number of amides is 1. The van der Waals surface area contributed by atoms with Gasteiger partial charge in [0.15, 0.2) is 0 Å². The maximum Gasteiger partial charge on any atom is 0.345 e. The van der Waals surface area contributed by atoms with Crippen molar-refractivity contribution < 1.29 is 4.79 Å². The first-order valence-corrected chi connectivity index (χ1v) is 9.87. The summed E-state index contributed by atoms with van der Waals surface area (Å²) in [4.78, 5) is 29.0. The van der Waals surface area contributed by atoms with Crippen LogP contribution in [0.25, 0.3) is 0 Å². The number of nitrogens with zero attached hydrogens (tertiary/aromatic N) is 5. The van der Waals surface area contributed by atoms with E-state index in [1.807, 2.05) is 17.7 Å². The molecule has 0 spiro atoms. The molecule has 3 heterocycles. The fourth-order valence-corrected chi connectivity index (χ4v) is 3.46. The number of hydrogen-bond donors (Lipinski definition) is 1. The molecule has 0 saturated carbocycles. The van der Waals surface area contributed by atoms with Crippen LogP contribution in [0.1, 0.15) is 51.2 Å². The first-order valence-electron chi connectivity index (χ1n) is 9.87. The van der Waals surface area contributed by atoms with Crippen LogP contribution in [0.2, 0.25) is 0 Å². The van der Waals surface area contributed by atoms with Gasteiger partial charge < -0.3 is 9.88 Å². The normalized spacial score (nSPS) is 17.0. The van der Waals surface area contributed by atoms with Crippen LogP contribution in [0.4, 0.5) is 0 Å². The first kappa shape index (κ1) is 19.4. The van der Waals surface area contributed by atoms with Gasteiger partial charge in [0.25, 0.3) is 0 Å². The molecule has 8 nitrogen and oxygen atoms in total. The van der Waals surface area contributed by atoms with E-state index in [9.17, 15) is 9.59 Å². The van der Waals surface area contributed by atoms with Crippen LogP contribution in [0.15, 0.2) is 17.2 Å². The molecule has 1 atom stereocenters. The smallest absolute Gasteiger partial charge is 0.345 e. The standard InChI is InChI=1S/C19H30N6O2/c1-14(2)6-12-25-19(27)24-11-7-16(4-5-17(24)22-25)21-18(26)8-10-23-13-9-20-15(23)3/h9,13-14,16H,4-8,10-12H2,1-3H3,(H,21,26). The lowest BCUT2D eigenvalue weighted by atomic mass is 10.1. The molecule has 0 saturated heterocycles. The Morgan fingerprint density at radius 1 is 1.33 bits per heavy atom. The lowest BCUT2D eigenvalue weighted by Crippen LogP contribution is -2.36. The Morgan fingerprint density at radius 2 is 2.15 bits per heavy atom. The molecule has 1 N–H and O–H groups in total. The summed E-state index contributed by atoms with van der Waals surface area (Å²) in [5, 5.41) is 7.64. The molecular formula is C19H30N6O2. The van der Waals surface area contributed by atoms with Gasteiger partial charge in [-0.1, -0.05) is 13.8 Å². The maximum atomic E-state index is 12.5. The van der Waals surface area contributed by atoms with E-state index in [1.54, 1.807) is 15.4 Å². The highest BCUT2D eigenvalue weighted by atomic mass is 16.2. The van der Waals surface area contributed by atoms with Crippen LogP contribution in [0.5, 0.6) is 0 Å². The highest BCUT2D eigenvalue weighted by Gasteiger charge is 2.22. The van der Waals surface area contributed by atoms with Crippen molar-refractivity contribution >= 4 is 5.91 Å². The zero-order valence-electron chi connectivity index (χ0n) is 16.5. The third-order valence-electron chi connectivity index (χ3n) is 5.20. The number of nitrogens with one attached hydrogen (secondary N) is 1. The highest BCUT2D eigenvalue weighted by molar-refractivity contribution is 5.76. The second kappa shape index (κ2) is 8.54. The Balaban J connectivity index is 1.52. The molecule has 1 unspecified atom stereocenters. The van der Waals surface area contributed by atoms with Crippen molar-refractivity contribution in [2.45, 2.75) is 78.6 Å². The van der Waals surface area contributed by atoms with Crippen molar-refractivity contribution in [3.8, 4) is 0 Å². The predicted octanol–water partition coefficient (Wildman–Crippen LogP) is 1.51. The van der Waals surface area contributed by atoms with Gasteiger partial charge in [0, 0.05) is 50.9 Å². The fraction of sp³-hybridized carbons (Fsp3) is 0.684. The van der Waals surface area contributed by atoms with Crippen molar-refractivity contribution in [1.29, 1.82) is 0 Å². The second-order valence-electron chi connectivity index (χ2n) is 7.77. The van der Waals surface area contributed by atoms with Gasteiger partial charge in [-0.15, -0.1) is 0 Å². The summed E-state index contributed by atoms with van der Waals surface area (Å²) in [6.45, 7) is 8.14. The largest absolute Gasteiger partial charge is 0.353 e. The number of carbonyl (C=O) groups is 1. The Morgan fingerprint density at radius 3 is 2.85 bits per heavy atom. The number of imidazole rings is 1. The summed E-state index contributed by atoms with van der Waals surface area (Å²) < 4.78 is 5.35. The van der Waals surface area contributed by atoms with Crippen LogP contribution >= 0.6 is 0 Å². The third-order valence-corrected chi connectivity index (χ3v) is 5.20. The summed E-state index contributed by atoms with van der Waals surface area (Å²) in [5.74, 6) is 2.34. The average molecular weight is 374 g/mol. The second-order valence-corrected chi connectivity index (χ2v) is 7.77. The van der Waals surface area contributed by atoms with Crippen LogP contribution in [-0.4, -0.2) is 35.8 Å². The van der Waals surface area contributed by atoms with E-state index < -0.39 is 0 Å². The summed E-state index contributed by atoms with van der Waals surface area (Å²) in [7, 11) is 0. The van der Waals surface area contributed by atoms with Gasteiger partial charge >= 0.3 is 5.69 Å². The Hall–Kier alpha value is -2.38. The van der Waals surface area contributed by atoms with Crippen molar-refractivity contribution in [3.05, 3.63) is 34.5 Å². The van der Waals surface area contributed by atoms with Gasteiger partial charge in [-0.2, -0.15) is 5.10 Å². The quantitative estimate of drug-likeness (QED) is 0.796. The van der Waals surface area contributed by atoms with Crippen LogP contribution in [0.3, 0.4) is 0 Å². The Bertz CT molecular complexity index is 832. The maximum absolute atomic E-state index is 12.5. The number of carbonyl (C=O) groups excluding carboxylic acids is 1. The van der Waals surface area contributed by atoms with Crippen LogP contribution in [-0.2, 0) is 30.8 Å². The Labute approximate surface area is 159 Å². The van der Waals surface area contributed by atoms with E-state index in [1.165, 1.54) is 0 Å². The van der Waals surface area contributed by atoms with Crippen LogP contribution in [0, 0.1) is 12.8 Å². The van der Waals surface area contributed by atoms with E-state index >= 15 is 0 Å². The van der Waals surface area contributed by atoms with Gasteiger partial charge in [-0.05, 0) is 32.1 Å².